The fourth-order valence-electron chi connectivity index (χ4n) is 3.62. The Morgan fingerprint density at radius 3 is 2.68 bits per heavy atom. The maximum atomic E-state index is 12.3. The van der Waals surface area contributed by atoms with Gasteiger partial charge in [0.05, 0.1) is 6.54 Å². The van der Waals surface area contributed by atoms with Crippen LogP contribution < -0.4 is 10.6 Å². The molecule has 0 saturated carbocycles. The molecule has 0 bridgehead atoms. The van der Waals surface area contributed by atoms with Crippen molar-refractivity contribution in [2.24, 2.45) is 0 Å². The van der Waals surface area contributed by atoms with Gasteiger partial charge in [0, 0.05) is 44.5 Å². The van der Waals surface area contributed by atoms with Crippen LogP contribution in [0.2, 0.25) is 0 Å². The van der Waals surface area contributed by atoms with E-state index in [0.29, 0.717) is 18.5 Å². The van der Waals surface area contributed by atoms with E-state index in [1.807, 2.05) is 12.1 Å². The molecule has 1 unspecified atom stereocenters. The van der Waals surface area contributed by atoms with Gasteiger partial charge in [-0.15, -0.1) is 12.4 Å². The Labute approximate surface area is 157 Å². The highest BCUT2D eigenvalue weighted by atomic mass is 35.5. The monoisotopic (exact) mass is 366 g/mol. The van der Waals surface area contributed by atoms with Crippen LogP contribution in [0.5, 0.6) is 0 Å². The fourth-order valence-corrected chi connectivity index (χ4v) is 3.62. The second-order valence-corrected chi connectivity index (χ2v) is 7.29. The summed E-state index contributed by atoms with van der Waals surface area (Å²) in [5.41, 5.74) is 2.16. The largest absolute Gasteiger partial charge is 0.325 e. The fraction of sp³-hybridized carbons (Fsp3) is 0.632. The van der Waals surface area contributed by atoms with Gasteiger partial charge in [-0.3, -0.25) is 14.6 Å². The third-order valence-electron chi connectivity index (χ3n) is 5.16. The number of benzene rings is 1. The second kappa shape index (κ2) is 9.53. The van der Waals surface area contributed by atoms with Gasteiger partial charge in [0.2, 0.25) is 5.91 Å². The number of carbonyl (C=O) groups excluding carboxylic acids is 1. The zero-order valence-corrected chi connectivity index (χ0v) is 16.1. The molecule has 0 aliphatic carbocycles. The number of hydrogen-bond acceptors (Lipinski definition) is 4. The minimum absolute atomic E-state index is 0. The highest BCUT2D eigenvalue weighted by Crippen LogP contribution is 2.18. The van der Waals surface area contributed by atoms with Gasteiger partial charge in [-0.1, -0.05) is 26.0 Å². The lowest BCUT2D eigenvalue weighted by Crippen LogP contribution is -2.52. The van der Waals surface area contributed by atoms with Crippen LogP contribution in [-0.4, -0.2) is 67.6 Å². The number of carbonyl (C=O) groups is 1. The van der Waals surface area contributed by atoms with E-state index < -0.39 is 0 Å². The van der Waals surface area contributed by atoms with Crippen LogP contribution in [0, 0.1) is 0 Å². The number of anilines is 1. The van der Waals surface area contributed by atoms with Crippen LogP contribution in [-0.2, 0) is 4.79 Å². The molecule has 2 aliphatic heterocycles. The van der Waals surface area contributed by atoms with Gasteiger partial charge in [0.25, 0.3) is 0 Å². The number of piperazine rings is 1. The first-order valence-corrected chi connectivity index (χ1v) is 9.19. The van der Waals surface area contributed by atoms with Crippen molar-refractivity contribution in [3.8, 4) is 0 Å². The van der Waals surface area contributed by atoms with Crippen molar-refractivity contribution in [2.75, 3.05) is 51.1 Å². The van der Waals surface area contributed by atoms with E-state index in [1.165, 1.54) is 12.0 Å². The van der Waals surface area contributed by atoms with E-state index in [1.54, 1.807) is 0 Å². The van der Waals surface area contributed by atoms with Crippen LogP contribution in [0.3, 0.4) is 0 Å². The lowest BCUT2D eigenvalue weighted by molar-refractivity contribution is -0.117. The van der Waals surface area contributed by atoms with Gasteiger partial charge in [-0.2, -0.15) is 0 Å². The van der Waals surface area contributed by atoms with Gasteiger partial charge in [-0.25, -0.2) is 0 Å². The van der Waals surface area contributed by atoms with Crippen molar-refractivity contribution in [1.82, 2.24) is 15.1 Å². The molecule has 2 saturated heterocycles. The third kappa shape index (κ3) is 5.68. The number of nitrogens with zero attached hydrogens (tertiary/aromatic N) is 2. The second-order valence-electron chi connectivity index (χ2n) is 7.29. The van der Waals surface area contributed by atoms with E-state index in [2.05, 4.69) is 46.4 Å². The summed E-state index contributed by atoms with van der Waals surface area (Å²) in [6, 6.07) is 8.86. The van der Waals surface area contributed by atoms with Crippen molar-refractivity contribution in [3.05, 3.63) is 29.8 Å². The van der Waals surface area contributed by atoms with Crippen molar-refractivity contribution in [2.45, 2.75) is 32.2 Å². The van der Waals surface area contributed by atoms with Crippen molar-refractivity contribution in [3.63, 3.8) is 0 Å². The first kappa shape index (κ1) is 20.2. The van der Waals surface area contributed by atoms with Gasteiger partial charge < -0.3 is 10.6 Å². The number of nitrogens with one attached hydrogen (secondary N) is 2. The van der Waals surface area contributed by atoms with Crippen molar-refractivity contribution in [1.29, 1.82) is 0 Å². The molecule has 1 aromatic carbocycles. The van der Waals surface area contributed by atoms with Gasteiger partial charge in [0.15, 0.2) is 0 Å². The Morgan fingerprint density at radius 1 is 1.28 bits per heavy atom. The average molecular weight is 367 g/mol. The summed E-state index contributed by atoms with van der Waals surface area (Å²) in [6.07, 6.45) is 1.26. The smallest absolute Gasteiger partial charge is 0.238 e. The molecule has 25 heavy (non-hydrogen) atoms. The average Bonchev–Trinajstić information content (AvgIpc) is 3.10. The molecular weight excluding hydrogens is 336 g/mol. The molecule has 2 aliphatic rings. The van der Waals surface area contributed by atoms with Crippen LogP contribution in [0.25, 0.3) is 0 Å². The molecule has 0 radical (unpaired) electrons. The first-order valence-electron chi connectivity index (χ1n) is 9.19. The number of rotatable bonds is 5. The lowest BCUT2D eigenvalue weighted by Gasteiger charge is -2.37. The lowest BCUT2D eigenvalue weighted by atomic mass is 10.0. The normalized spacial score (nSPS) is 22.0. The quantitative estimate of drug-likeness (QED) is 0.838. The van der Waals surface area contributed by atoms with Gasteiger partial charge in [0.1, 0.15) is 0 Å². The molecule has 2 fully saturated rings. The summed E-state index contributed by atoms with van der Waals surface area (Å²) in [5.74, 6) is 0.562. The molecule has 1 atom stereocenters. The zero-order chi connectivity index (χ0) is 16.9. The van der Waals surface area contributed by atoms with Crippen LogP contribution in [0.1, 0.15) is 31.7 Å². The summed E-state index contributed by atoms with van der Waals surface area (Å²) in [5, 5.41) is 6.48. The summed E-state index contributed by atoms with van der Waals surface area (Å²) in [4.78, 5) is 17.2. The molecule has 1 amide bonds. The van der Waals surface area contributed by atoms with E-state index in [0.717, 1.165) is 45.0 Å². The van der Waals surface area contributed by atoms with Crippen LogP contribution >= 0.6 is 12.4 Å². The van der Waals surface area contributed by atoms with Crippen LogP contribution in [0.4, 0.5) is 5.69 Å². The molecule has 2 N–H and O–H groups in total. The molecule has 6 heteroatoms. The predicted molar refractivity (Wildman–Crippen MR) is 106 cm³/mol. The minimum Gasteiger partial charge on any atom is -0.325 e. The van der Waals surface area contributed by atoms with E-state index in [9.17, 15) is 4.79 Å². The third-order valence-corrected chi connectivity index (χ3v) is 5.16. The highest BCUT2D eigenvalue weighted by molar-refractivity contribution is 5.92. The maximum absolute atomic E-state index is 12.3. The number of halogens is 1. The Balaban J connectivity index is 0.00000225. The van der Waals surface area contributed by atoms with E-state index in [-0.39, 0.29) is 18.3 Å². The van der Waals surface area contributed by atoms with Crippen molar-refractivity contribution < 1.29 is 4.79 Å². The molecule has 3 rings (SSSR count). The standard InChI is InChI=1S/C19H30N4O.ClH/c1-15(2)16-4-3-5-17(12-16)21-19(24)14-22-8-10-23(11-9-22)18-6-7-20-13-18;/h3-5,12,15,18,20H,6-11,13-14H2,1-2H3,(H,21,24);1H. The summed E-state index contributed by atoms with van der Waals surface area (Å²) in [7, 11) is 0. The van der Waals surface area contributed by atoms with Gasteiger partial charge >= 0.3 is 0 Å². The molecule has 1 aromatic rings. The van der Waals surface area contributed by atoms with E-state index in [4.69, 9.17) is 0 Å². The summed E-state index contributed by atoms with van der Waals surface area (Å²) in [6.45, 7) is 11.2. The number of hydrogen-bond donors (Lipinski definition) is 2. The number of amides is 1. The molecule has 2 heterocycles. The molecule has 0 spiro atoms. The maximum Gasteiger partial charge on any atom is 0.238 e. The SMILES string of the molecule is CC(C)c1cccc(NC(=O)CN2CCN(C3CCNC3)CC2)c1.Cl. The predicted octanol–water partition coefficient (Wildman–Crippen LogP) is 2.15. The minimum atomic E-state index is 0. The summed E-state index contributed by atoms with van der Waals surface area (Å²) < 4.78 is 0. The molecule has 140 valence electrons. The highest BCUT2D eigenvalue weighted by Gasteiger charge is 2.26. The molecular formula is C19H31ClN4O. The Hall–Kier alpha value is -1.14. The van der Waals surface area contributed by atoms with Crippen LogP contribution in [0.15, 0.2) is 24.3 Å². The van der Waals surface area contributed by atoms with Crippen molar-refractivity contribution >= 4 is 24.0 Å². The summed E-state index contributed by atoms with van der Waals surface area (Å²) >= 11 is 0. The first-order chi connectivity index (χ1) is 11.6. The molecule has 0 aromatic heterocycles. The zero-order valence-electron chi connectivity index (χ0n) is 15.3. The van der Waals surface area contributed by atoms with Gasteiger partial charge in [-0.05, 0) is 36.6 Å². The molecule has 5 nitrogen and oxygen atoms in total. The topological polar surface area (TPSA) is 47.6 Å². The Morgan fingerprint density at radius 2 is 2.04 bits per heavy atom. The Bertz CT molecular complexity index is 552. The Kier molecular flexibility index (Phi) is 7.69. The van der Waals surface area contributed by atoms with E-state index >= 15 is 0 Å².